The van der Waals surface area contributed by atoms with Crippen molar-refractivity contribution in [3.63, 3.8) is 0 Å². The highest BCUT2D eigenvalue weighted by Gasteiger charge is 2.12. The van der Waals surface area contributed by atoms with Crippen LogP contribution in [0.15, 0.2) is 78.9 Å². The topological polar surface area (TPSA) is 52.6 Å². The van der Waals surface area contributed by atoms with Crippen molar-refractivity contribution in [2.24, 2.45) is 0 Å². The number of Topliss-reactive ketones (excluding diaryl/α,β-unsaturated/α-hetero) is 1. The van der Waals surface area contributed by atoms with Crippen LogP contribution in [0.25, 0.3) is 11.1 Å². The van der Waals surface area contributed by atoms with E-state index in [1.54, 1.807) is 43.5 Å². The Morgan fingerprint density at radius 1 is 0.731 bits per heavy atom. The van der Waals surface area contributed by atoms with Crippen molar-refractivity contribution in [3.8, 4) is 16.9 Å². The molecule has 3 rings (SSSR count). The maximum Gasteiger partial charge on any atom is 0.338 e. The lowest BCUT2D eigenvalue weighted by molar-refractivity contribution is 0.0474. The van der Waals surface area contributed by atoms with Gasteiger partial charge in [0.1, 0.15) is 5.75 Å². The van der Waals surface area contributed by atoms with Gasteiger partial charge in [-0.05, 0) is 35.4 Å². The van der Waals surface area contributed by atoms with Crippen molar-refractivity contribution in [1.82, 2.24) is 0 Å². The molecule has 0 N–H and O–H groups in total. The number of carbonyl (C=O) groups is 2. The average molecular weight is 346 g/mol. The molecule has 0 radical (unpaired) electrons. The fraction of sp³-hybridized carbons (Fsp3) is 0.0909. The maximum absolute atomic E-state index is 12.2. The molecule has 26 heavy (non-hydrogen) atoms. The second kappa shape index (κ2) is 8.12. The highest BCUT2D eigenvalue weighted by atomic mass is 16.5. The second-order valence-corrected chi connectivity index (χ2v) is 5.67. The van der Waals surface area contributed by atoms with E-state index < -0.39 is 5.97 Å². The zero-order valence-corrected chi connectivity index (χ0v) is 14.3. The summed E-state index contributed by atoms with van der Waals surface area (Å²) in [6.07, 6.45) is 0. The molecule has 0 fully saturated rings. The van der Waals surface area contributed by atoms with Crippen LogP contribution in [0.5, 0.6) is 5.75 Å². The van der Waals surface area contributed by atoms with Crippen LogP contribution in [-0.4, -0.2) is 25.5 Å². The molecule has 130 valence electrons. The smallest absolute Gasteiger partial charge is 0.338 e. The Bertz CT molecular complexity index is 882. The number of methoxy groups -OCH3 is 1. The summed E-state index contributed by atoms with van der Waals surface area (Å²) in [5.74, 6) is -0.135. The van der Waals surface area contributed by atoms with Gasteiger partial charge in [0.15, 0.2) is 12.4 Å². The van der Waals surface area contributed by atoms with Crippen LogP contribution < -0.4 is 4.74 Å². The fourth-order valence-electron chi connectivity index (χ4n) is 2.50. The van der Waals surface area contributed by atoms with Gasteiger partial charge in [-0.2, -0.15) is 0 Å². The monoisotopic (exact) mass is 346 g/mol. The minimum absolute atomic E-state index is 0.244. The first kappa shape index (κ1) is 17.4. The molecule has 0 amide bonds. The quantitative estimate of drug-likeness (QED) is 0.490. The molecule has 4 heteroatoms. The highest BCUT2D eigenvalue weighted by Crippen LogP contribution is 2.19. The Morgan fingerprint density at radius 2 is 1.31 bits per heavy atom. The number of hydrogen-bond acceptors (Lipinski definition) is 4. The van der Waals surface area contributed by atoms with E-state index in [-0.39, 0.29) is 12.4 Å². The van der Waals surface area contributed by atoms with Gasteiger partial charge in [0.05, 0.1) is 12.7 Å². The lowest BCUT2D eigenvalue weighted by Crippen LogP contribution is -2.14. The number of ether oxygens (including phenoxy) is 2. The van der Waals surface area contributed by atoms with Gasteiger partial charge in [0, 0.05) is 5.56 Å². The third-order valence-electron chi connectivity index (χ3n) is 3.97. The van der Waals surface area contributed by atoms with E-state index in [9.17, 15) is 9.59 Å². The normalized spacial score (nSPS) is 10.2. The number of esters is 1. The number of hydrogen-bond donors (Lipinski definition) is 0. The van der Waals surface area contributed by atoms with E-state index in [2.05, 4.69) is 0 Å². The Labute approximate surface area is 152 Å². The molecule has 0 saturated heterocycles. The molecule has 0 atom stereocenters. The Hall–Kier alpha value is -3.40. The summed E-state index contributed by atoms with van der Waals surface area (Å²) in [7, 11) is 1.55. The number of ketones is 1. The van der Waals surface area contributed by atoms with Crippen molar-refractivity contribution in [2.75, 3.05) is 13.7 Å². The van der Waals surface area contributed by atoms with Crippen LogP contribution in [0.3, 0.4) is 0 Å². The van der Waals surface area contributed by atoms with Crippen molar-refractivity contribution >= 4 is 11.8 Å². The molecule has 3 aromatic carbocycles. The molecular formula is C22H18O4. The predicted molar refractivity (Wildman–Crippen MR) is 99.5 cm³/mol. The summed E-state index contributed by atoms with van der Waals surface area (Å²) in [5, 5.41) is 0. The Balaban J connectivity index is 1.60. The van der Waals surface area contributed by atoms with Gasteiger partial charge >= 0.3 is 5.97 Å². The third-order valence-corrected chi connectivity index (χ3v) is 3.97. The zero-order valence-electron chi connectivity index (χ0n) is 14.3. The average Bonchev–Trinajstić information content (AvgIpc) is 2.72. The number of benzene rings is 3. The van der Waals surface area contributed by atoms with Gasteiger partial charge in [0.25, 0.3) is 0 Å². The first-order chi connectivity index (χ1) is 12.7. The molecule has 0 aliphatic rings. The Kier molecular flexibility index (Phi) is 5.44. The van der Waals surface area contributed by atoms with Gasteiger partial charge in [-0.3, -0.25) is 4.79 Å². The molecule has 4 nitrogen and oxygen atoms in total. The van der Waals surface area contributed by atoms with Gasteiger partial charge in [0.2, 0.25) is 0 Å². The zero-order chi connectivity index (χ0) is 18.4. The molecule has 0 aliphatic heterocycles. The van der Waals surface area contributed by atoms with Crippen LogP contribution in [0, 0.1) is 0 Å². The first-order valence-electron chi connectivity index (χ1n) is 8.17. The van der Waals surface area contributed by atoms with Gasteiger partial charge in [-0.15, -0.1) is 0 Å². The lowest BCUT2D eigenvalue weighted by atomic mass is 10.0. The maximum atomic E-state index is 12.2. The molecule has 0 bridgehead atoms. The summed E-state index contributed by atoms with van der Waals surface area (Å²) in [4.78, 5) is 24.2. The molecule has 0 unspecified atom stereocenters. The van der Waals surface area contributed by atoms with Crippen molar-refractivity contribution in [2.45, 2.75) is 0 Å². The minimum Gasteiger partial charge on any atom is -0.497 e. The molecule has 0 spiro atoms. The van der Waals surface area contributed by atoms with Crippen LogP contribution >= 0.6 is 0 Å². The number of carbonyl (C=O) groups excluding carboxylic acids is 2. The summed E-state index contributed by atoms with van der Waals surface area (Å²) >= 11 is 0. The summed E-state index contributed by atoms with van der Waals surface area (Å²) in [5.41, 5.74) is 2.99. The van der Waals surface area contributed by atoms with Crippen molar-refractivity contribution < 1.29 is 19.1 Å². The fourth-order valence-corrected chi connectivity index (χ4v) is 2.50. The largest absolute Gasteiger partial charge is 0.497 e. The summed E-state index contributed by atoms with van der Waals surface area (Å²) in [6.45, 7) is -0.296. The lowest BCUT2D eigenvalue weighted by Gasteiger charge is -2.06. The molecule has 3 aromatic rings. The van der Waals surface area contributed by atoms with Crippen LogP contribution in [-0.2, 0) is 4.74 Å². The predicted octanol–water partition coefficient (Wildman–Crippen LogP) is 4.40. The van der Waals surface area contributed by atoms with E-state index in [1.807, 2.05) is 42.5 Å². The molecular weight excluding hydrogens is 328 g/mol. The van der Waals surface area contributed by atoms with E-state index in [0.717, 1.165) is 11.1 Å². The van der Waals surface area contributed by atoms with Crippen molar-refractivity contribution in [3.05, 3.63) is 90.0 Å². The van der Waals surface area contributed by atoms with Crippen LogP contribution in [0.1, 0.15) is 20.7 Å². The Morgan fingerprint density at radius 3 is 1.92 bits per heavy atom. The number of rotatable bonds is 6. The van der Waals surface area contributed by atoms with Gasteiger partial charge < -0.3 is 9.47 Å². The third kappa shape index (κ3) is 4.16. The SMILES string of the molecule is COc1ccc(C(=O)OCC(=O)c2ccc(-c3ccccc3)cc2)cc1. The van der Waals surface area contributed by atoms with Gasteiger partial charge in [-0.1, -0.05) is 54.6 Å². The van der Waals surface area contributed by atoms with E-state index in [1.165, 1.54) is 0 Å². The van der Waals surface area contributed by atoms with Crippen LogP contribution in [0.2, 0.25) is 0 Å². The molecule has 0 saturated carbocycles. The summed E-state index contributed by atoms with van der Waals surface area (Å²) in [6, 6.07) is 23.7. The highest BCUT2D eigenvalue weighted by molar-refractivity contribution is 5.99. The summed E-state index contributed by atoms with van der Waals surface area (Å²) < 4.78 is 10.1. The van der Waals surface area contributed by atoms with E-state index >= 15 is 0 Å². The van der Waals surface area contributed by atoms with Gasteiger partial charge in [-0.25, -0.2) is 4.79 Å². The molecule has 0 heterocycles. The minimum atomic E-state index is -0.540. The molecule has 0 aromatic heterocycles. The standard InChI is InChI=1S/C22H18O4/c1-25-20-13-11-19(12-14-20)22(24)26-15-21(23)18-9-7-17(8-10-18)16-5-3-2-4-6-16/h2-14H,15H2,1H3. The van der Waals surface area contributed by atoms with E-state index in [0.29, 0.717) is 16.9 Å². The first-order valence-corrected chi connectivity index (χ1v) is 8.17. The second-order valence-electron chi connectivity index (χ2n) is 5.67. The van der Waals surface area contributed by atoms with Crippen molar-refractivity contribution in [1.29, 1.82) is 0 Å². The van der Waals surface area contributed by atoms with Crippen LogP contribution in [0.4, 0.5) is 0 Å². The van der Waals surface area contributed by atoms with E-state index in [4.69, 9.17) is 9.47 Å². The molecule has 0 aliphatic carbocycles.